The predicted molar refractivity (Wildman–Crippen MR) is 107 cm³/mol. The lowest BCUT2D eigenvalue weighted by Gasteiger charge is -2.13. The van der Waals surface area contributed by atoms with Crippen LogP contribution >= 0.6 is 15.9 Å². The molecule has 1 aromatic carbocycles. The van der Waals surface area contributed by atoms with Gasteiger partial charge in [0.1, 0.15) is 5.82 Å². The number of rotatable bonds is 7. The lowest BCUT2D eigenvalue weighted by molar-refractivity contribution is 0.160. The number of nitrogens with zero attached hydrogens (tertiary/aromatic N) is 1. The van der Waals surface area contributed by atoms with Crippen LogP contribution in [-0.2, 0) is 14.8 Å². The molecule has 0 saturated heterocycles. The summed E-state index contributed by atoms with van der Waals surface area (Å²) in [5, 5.41) is 3.31. The first-order valence-electron chi connectivity index (χ1n) is 8.80. The molecule has 0 spiro atoms. The Morgan fingerprint density at radius 3 is 2.74 bits per heavy atom. The third-order valence-corrected chi connectivity index (χ3v) is 6.66. The topological polar surface area (TPSA) is 97.4 Å². The minimum atomic E-state index is -3.65. The van der Waals surface area contributed by atoms with E-state index in [1.165, 1.54) is 6.07 Å². The Bertz CT molecular complexity index is 974. The van der Waals surface area contributed by atoms with Gasteiger partial charge >= 0.3 is 6.09 Å². The van der Waals surface area contributed by atoms with E-state index in [1.54, 1.807) is 18.2 Å². The third-order valence-electron chi connectivity index (χ3n) is 4.38. The van der Waals surface area contributed by atoms with Gasteiger partial charge in [0.25, 0.3) is 0 Å². The Morgan fingerprint density at radius 2 is 2.07 bits per heavy atom. The summed E-state index contributed by atoms with van der Waals surface area (Å²) in [4.78, 5) is 16.3. The third kappa shape index (κ3) is 4.97. The summed E-state index contributed by atoms with van der Waals surface area (Å²) in [6.45, 7) is 4.23. The number of benzene rings is 1. The molecule has 0 bridgehead atoms. The number of amides is 1. The first-order valence-corrected chi connectivity index (χ1v) is 11.1. The van der Waals surface area contributed by atoms with Crippen molar-refractivity contribution in [2.45, 2.75) is 50.0 Å². The molecule has 1 amide bonds. The number of sulfonamides is 1. The van der Waals surface area contributed by atoms with Gasteiger partial charge in [-0.15, -0.1) is 0 Å². The Morgan fingerprint density at radius 1 is 1.33 bits per heavy atom. The fraction of sp³-hybridized carbons (Fsp3) is 0.444. The summed E-state index contributed by atoms with van der Waals surface area (Å²) in [5.74, 6) is 0.299. The fourth-order valence-electron chi connectivity index (χ4n) is 2.51. The summed E-state index contributed by atoms with van der Waals surface area (Å²) in [5.41, 5.74) is 0.0938. The number of fused-ring (bicyclic) bond motifs is 1. The molecular weight excluding hydrogens is 434 g/mol. The van der Waals surface area contributed by atoms with Gasteiger partial charge in [0.2, 0.25) is 10.0 Å². The summed E-state index contributed by atoms with van der Waals surface area (Å²) in [6.07, 6.45) is 2.79. The van der Waals surface area contributed by atoms with E-state index in [-0.39, 0.29) is 10.4 Å². The van der Waals surface area contributed by atoms with Crippen molar-refractivity contribution in [3.8, 4) is 0 Å². The van der Waals surface area contributed by atoms with E-state index in [9.17, 15) is 13.2 Å². The molecule has 1 saturated carbocycles. The molecule has 1 fully saturated rings. The Labute approximate surface area is 167 Å². The maximum Gasteiger partial charge on any atom is 0.412 e. The highest BCUT2D eigenvalue weighted by atomic mass is 79.9. The number of aromatic nitrogens is 1. The van der Waals surface area contributed by atoms with Crippen LogP contribution in [-0.4, -0.2) is 31.6 Å². The van der Waals surface area contributed by atoms with E-state index in [2.05, 4.69) is 31.0 Å². The van der Waals surface area contributed by atoms with E-state index >= 15 is 0 Å². The smallest absolute Gasteiger partial charge is 0.412 e. The molecule has 0 unspecified atom stereocenters. The molecule has 3 rings (SSSR count). The van der Waals surface area contributed by atoms with Gasteiger partial charge in [0.05, 0.1) is 17.0 Å². The number of carbonyl (C=O) groups is 1. The quantitative estimate of drug-likeness (QED) is 0.610. The minimum Gasteiger partial charge on any atom is -0.449 e. The minimum absolute atomic E-state index is 0.130. The van der Waals surface area contributed by atoms with Crippen LogP contribution in [0.15, 0.2) is 33.6 Å². The van der Waals surface area contributed by atoms with Gasteiger partial charge < -0.3 is 4.74 Å². The largest absolute Gasteiger partial charge is 0.449 e. The first-order chi connectivity index (χ1) is 12.7. The van der Waals surface area contributed by atoms with Crippen molar-refractivity contribution in [2.75, 3.05) is 11.9 Å². The molecule has 9 heteroatoms. The van der Waals surface area contributed by atoms with Gasteiger partial charge in [0.15, 0.2) is 0 Å². The monoisotopic (exact) mass is 455 g/mol. The van der Waals surface area contributed by atoms with Crippen LogP contribution in [0.1, 0.15) is 39.5 Å². The second kappa shape index (κ2) is 7.73. The average molecular weight is 456 g/mol. The molecule has 1 heterocycles. The number of unbranched alkanes of at least 4 members (excludes halogenated alkanes) is 1. The van der Waals surface area contributed by atoms with Crippen molar-refractivity contribution in [2.24, 2.45) is 0 Å². The molecule has 146 valence electrons. The predicted octanol–water partition coefficient (Wildman–Crippen LogP) is 4.18. The van der Waals surface area contributed by atoms with Gasteiger partial charge in [-0.25, -0.2) is 22.9 Å². The summed E-state index contributed by atoms with van der Waals surface area (Å²) < 4.78 is 33.7. The van der Waals surface area contributed by atoms with Crippen molar-refractivity contribution < 1.29 is 17.9 Å². The number of nitrogens with one attached hydrogen (secondary N) is 2. The summed E-state index contributed by atoms with van der Waals surface area (Å²) in [6, 6.07) is 6.47. The Hall–Kier alpha value is -1.71. The molecule has 27 heavy (non-hydrogen) atoms. The normalized spacial score (nSPS) is 15.5. The Balaban J connectivity index is 1.85. The lowest BCUT2D eigenvalue weighted by atomic mass is 10.2. The zero-order chi connectivity index (χ0) is 19.7. The number of halogens is 1. The second-order valence-electron chi connectivity index (χ2n) is 6.95. The van der Waals surface area contributed by atoms with Crippen molar-refractivity contribution in [3.63, 3.8) is 0 Å². The van der Waals surface area contributed by atoms with Crippen LogP contribution in [0, 0.1) is 0 Å². The van der Waals surface area contributed by atoms with E-state index < -0.39 is 16.1 Å². The first kappa shape index (κ1) is 20.0. The van der Waals surface area contributed by atoms with Crippen molar-refractivity contribution in [1.29, 1.82) is 0 Å². The van der Waals surface area contributed by atoms with Crippen molar-refractivity contribution in [1.82, 2.24) is 9.71 Å². The fourth-order valence-corrected chi connectivity index (χ4v) is 4.76. The molecule has 0 aliphatic heterocycles. The Kier molecular flexibility index (Phi) is 5.73. The van der Waals surface area contributed by atoms with Crippen molar-refractivity contribution in [3.05, 3.63) is 28.7 Å². The molecule has 1 aliphatic carbocycles. The number of ether oxygens (including phenoxy) is 1. The SMILES string of the molecule is CCCCOC(=O)Nc1ccc2c(Br)cc(S(=O)(=O)NC3(C)CC3)cc2n1. The van der Waals surface area contributed by atoms with Gasteiger partial charge in [-0.05, 0) is 50.5 Å². The summed E-state index contributed by atoms with van der Waals surface area (Å²) >= 11 is 3.41. The van der Waals surface area contributed by atoms with Gasteiger partial charge in [-0.3, -0.25) is 5.32 Å². The molecule has 1 aromatic heterocycles. The standard InChI is InChI=1S/C18H22BrN3O4S/c1-3-4-9-26-17(23)21-16-6-5-13-14(19)10-12(11-15(13)20-16)27(24,25)22-18(2)7-8-18/h5-6,10-11,22H,3-4,7-9H2,1-2H3,(H,20,21,23). The molecule has 7 nitrogen and oxygen atoms in total. The number of hydrogen-bond acceptors (Lipinski definition) is 5. The van der Waals surface area contributed by atoms with Gasteiger partial charge in [0, 0.05) is 15.4 Å². The van der Waals surface area contributed by atoms with Crippen LogP contribution in [0.5, 0.6) is 0 Å². The molecule has 2 N–H and O–H groups in total. The van der Waals surface area contributed by atoms with E-state index in [0.29, 0.717) is 22.4 Å². The van der Waals surface area contributed by atoms with E-state index in [1.807, 2.05) is 13.8 Å². The van der Waals surface area contributed by atoms with Crippen molar-refractivity contribution >= 4 is 48.8 Å². The number of carbonyl (C=O) groups excluding carboxylic acids is 1. The number of hydrogen-bond donors (Lipinski definition) is 2. The highest BCUT2D eigenvalue weighted by Gasteiger charge is 2.41. The van der Waals surface area contributed by atoms with Crippen LogP contribution in [0.25, 0.3) is 10.9 Å². The molecular formula is C18H22BrN3O4S. The summed E-state index contributed by atoms with van der Waals surface area (Å²) in [7, 11) is -3.65. The van der Waals surface area contributed by atoms with E-state index in [4.69, 9.17) is 4.74 Å². The maximum atomic E-state index is 12.6. The molecule has 0 radical (unpaired) electrons. The second-order valence-corrected chi connectivity index (χ2v) is 9.49. The van der Waals surface area contributed by atoms with E-state index in [0.717, 1.165) is 31.1 Å². The van der Waals surface area contributed by atoms with Crippen LogP contribution < -0.4 is 10.0 Å². The van der Waals surface area contributed by atoms with Crippen LogP contribution in [0.2, 0.25) is 0 Å². The highest BCUT2D eigenvalue weighted by molar-refractivity contribution is 9.10. The maximum absolute atomic E-state index is 12.6. The average Bonchev–Trinajstić information content (AvgIpc) is 3.30. The van der Waals surface area contributed by atoms with Crippen LogP contribution in [0.3, 0.4) is 0 Å². The zero-order valence-electron chi connectivity index (χ0n) is 15.2. The van der Waals surface area contributed by atoms with Gasteiger partial charge in [-0.1, -0.05) is 29.3 Å². The molecule has 0 atom stereocenters. The number of anilines is 1. The highest BCUT2D eigenvalue weighted by Crippen LogP contribution is 2.36. The van der Waals surface area contributed by atoms with Gasteiger partial charge in [-0.2, -0.15) is 0 Å². The van der Waals surface area contributed by atoms with Crippen LogP contribution in [0.4, 0.5) is 10.6 Å². The molecule has 2 aromatic rings. The zero-order valence-corrected chi connectivity index (χ0v) is 17.6. The lowest BCUT2D eigenvalue weighted by Crippen LogP contribution is -2.34. The number of pyridine rings is 1. The molecule has 1 aliphatic rings.